The van der Waals surface area contributed by atoms with Crippen LogP contribution in [-0.4, -0.2) is 8.42 Å². The Hall–Kier alpha value is -1.52. The highest BCUT2D eigenvalue weighted by molar-refractivity contribution is 7.92. The van der Waals surface area contributed by atoms with E-state index in [1.54, 1.807) is 25.1 Å². The molecule has 0 aromatic heterocycles. The number of anilines is 1. The van der Waals surface area contributed by atoms with Crippen molar-refractivity contribution in [1.29, 1.82) is 0 Å². The maximum Gasteiger partial charge on any atom is 0.262 e. The van der Waals surface area contributed by atoms with Gasteiger partial charge in [0.2, 0.25) is 0 Å². The number of rotatable bonds is 3. The Balaban J connectivity index is 2.41. The number of hydrogen-bond donors (Lipinski definition) is 1. The maximum absolute atomic E-state index is 12.4. The van der Waals surface area contributed by atoms with Gasteiger partial charge in [-0.25, -0.2) is 8.42 Å². The Labute approximate surface area is 124 Å². The maximum atomic E-state index is 12.4. The van der Waals surface area contributed by atoms with Gasteiger partial charge in [0.15, 0.2) is 0 Å². The second kappa shape index (κ2) is 5.46. The van der Waals surface area contributed by atoms with Crippen molar-refractivity contribution in [2.24, 2.45) is 0 Å². The average Bonchev–Trinajstić information content (AvgIpc) is 2.32. The van der Waals surface area contributed by atoms with E-state index in [1.165, 1.54) is 6.07 Å². The van der Waals surface area contributed by atoms with E-state index >= 15 is 0 Å². The number of sulfonamides is 1. The zero-order valence-corrected chi connectivity index (χ0v) is 13.1. The molecule has 106 valence electrons. The zero-order chi connectivity index (χ0) is 14.9. The summed E-state index contributed by atoms with van der Waals surface area (Å²) in [6.07, 6.45) is 0. The summed E-state index contributed by atoms with van der Waals surface area (Å²) >= 11 is 5.85. The zero-order valence-electron chi connectivity index (χ0n) is 11.6. The van der Waals surface area contributed by atoms with E-state index in [4.69, 9.17) is 11.6 Å². The van der Waals surface area contributed by atoms with Crippen molar-refractivity contribution in [1.82, 2.24) is 0 Å². The van der Waals surface area contributed by atoms with Gasteiger partial charge in [-0.2, -0.15) is 0 Å². The second-order valence-corrected chi connectivity index (χ2v) is 6.92. The second-order valence-electron chi connectivity index (χ2n) is 4.83. The van der Waals surface area contributed by atoms with Gasteiger partial charge in [-0.1, -0.05) is 29.3 Å². The molecule has 20 heavy (non-hydrogen) atoms. The van der Waals surface area contributed by atoms with Crippen molar-refractivity contribution in [3.05, 3.63) is 58.1 Å². The summed E-state index contributed by atoms with van der Waals surface area (Å²) in [7, 11) is -3.60. The molecule has 1 N–H and O–H groups in total. The van der Waals surface area contributed by atoms with Gasteiger partial charge in [-0.3, -0.25) is 4.72 Å². The van der Waals surface area contributed by atoms with E-state index in [0.29, 0.717) is 16.3 Å². The van der Waals surface area contributed by atoms with Crippen LogP contribution < -0.4 is 4.72 Å². The molecule has 0 aliphatic carbocycles. The van der Waals surface area contributed by atoms with Crippen molar-refractivity contribution in [3.8, 4) is 0 Å². The van der Waals surface area contributed by atoms with Crippen molar-refractivity contribution < 1.29 is 8.42 Å². The third kappa shape index (κ3) is 3.14. The normalized spacial score (nSPS) is 11.4. The molecule has 0 bridgehead atoms. The van der Waals surface area contributed by atoms with Crippen molar-refractivity contribution in [2.75, 3.05) is 4.72 Å². The van der Waals surface area contributed by atoms with Gasteiger partial charge in [-0.15, -0.1) is 0 Å². The minimum atomic E-state index is -3.60. The molecule has 0 aliphatic rings. The molecule has 0 atom stereocenters. The first-order valence-corrected chi connectivity index (χ1v) is 8.02. The summed E-state index contributed by atoms with van der Waals surface area (Å²) in [6, 6.07) is 10.3. The standard InChI is InChI=1S/C15H16ClNO2S/c1-10-4-6-14(11(2)8-10)17-20(18,19)15-7-5-13(16)9-12(15)3/h4-9,17H,1-3H3. The Kier molecular flexibility index (Phi) is 4.06. The van der Waals surface area contributed by atoms with Gasteiger partial charge >= 0.3 is 0 Å². The lowest BCUT2D eigenvalue weighted by atomic mass is 10.1. The van der Waals surface area contributed by atoms with E-state index in [9.17, 15) is 8.42 Å². The fourth-order valence-electron chi connectivity index (χ4n) is 2.04. The third-order valence-corrected chi connectivity index (χ3v) is 4.81. The molecule has 0 saturated carbocycles. The molecule has 2 aromatic rings. The summed E-state index contributed by atoms with van der Waals surface area (Å²) in [5.41, 5.74) is 3.19. The van der Waals surface area contributed by atoms with Crippen molar-refractivity contribution in [2.45, 2.75) is 25.7 Å². The van der Waals surface area contributed by atoms with Gasteiger partial charge < -0.3 is 0 Å². The molecule has 2 rings (SSSR count). The molecule has 0 aliphatic heterocycles. The lowest BCUT2D eigenvalue weighted by Crippen LogP contribution is -2.15. The molecule has 0 radical (unpaired) electrons. The number of halogens is 1. The summed E-state index contributed by atoms with van der Waals surface area (Å²) in [5.74, 6) is 0. The lowest BCUT2D eigenvalue weighted by molar-refractivity contribution is 0.600. The van der Waals surface area contributed by atoms with Crippen LogP contribution >= 0.6 is 11.6 Å². The minimum absolute atomic E-state index is 0.238. The van der Waals surface area contributed by atoms with Gasteiger partial charge in [0.05, 0.1) is 10.6 Å². The molecule has 0 unspecified atom stereocenters. The van der Waals surface area contributed by atoms with Crippen LogP contribution in [-0.2, 0) is 10.0 Å². The highest BCUT2D eigenvalue weighted by atomic mass is 35.5. The molecular weight excluding hydrogens is 294 g/mol. The van der Waals surface area contributed by atoms with Crippen LogP contribution in [0.2, 0.25) is 5.02 Å². The minimum Gasteiger partial charge on any atom is -0.279 e. The molecule has 2 aromatic carbocycles. The number of nitrogens with one attached hydrogen (secondary N) is 1. The monoisotopic (exact) mass is 309 g/mol. The van der Waals surface area contributed by atoms with Crippen LogP contribution in [0, 0.1) is 20.8 Å². The molecule has 3 nitrogen and oxygen atoms in total. The molecule has 0 spiro atoms. The average molecular weight is 310 g/mol. The van der Waals surface area contributed by atoms with E-state index in [2.05, 4.69) is 4.72 Å². The van der Waals surface area contributed by atoms with Crippen molar-refractivity contribution >= 4 is 27.3 Å². The fraction of sp³-hybridized carbons (Fsp3) is 0.200. The van der Waals surface area contributed by atoms with Gasteiger partial charge in [0.1, 0.15) is 0 Å². The number of hydrogen-bond acceptors (Lipinski definition) is 2. The third-order valence-electron chi connectivity index (χ3n) is 3.05. The molecular formula is C15H16ClNO2S. The Morgan fingerprint density at radius 3 is 2.25 bits per heavy atom. The van der Waals surface area contributed by atoms with E-state index in [0.717, 1.165) is 11.1 Å². The molecule has 0 amide bonds. The van der Waals surface area contributed by atoms with E-state index < -0.39 is 10.0 Å². The quantitative estimate of drug-likeness (QED) is 0.929. The summed E-state index contributed by atoms with van der Waals surface area (Å²) in [5, 5.41) is 0.521. The molecule has 5 heteroatoms. The number of benzene rings is 2. The highest BCUT2D eigenvalue weighted by Gasteiger charge is 2.17. The Morgan fingerprint density at radius 2 is 1.65 bits per heavy atom. The van der Waals surface area contributed by atoms with Crippen LogP contribution in [0.1, 0.15) is 16.7 Å². The topological polar surface area (TPSA) is 46.2 Å². The summed E-state index contributed by atoms with van der Waals surface area (Å²) in [4.78, 5) is 0.238. The molecule has 0 heterocycles. The first-order valence-electron chi connectivity index (χ1n) is 6.16. The van der Waals surface area contributed by atoms with Gasteiger partial charge in [0.25, 0.3) is 10.0 Å². The lowest BCUT2D eigenvalue weighted by Gasteiger charge is -2.13. The first-order chi connectivity index (χ1) is 9.29. The Morgan fingerprint density at radius 1 is 0.950 bits per heavy atom. The first kappa shape index (κ1) is 14.9. The van der Waals surface area contributed by atoms with Crippen LogP contribution in [0.15, 0.2) is 41.3 Å². The highest BCUT2D eigenvalue weighted by Crippen LogP contribution is 2.24. The largest absolute Gasteiger partial charge is 0.279 e. The number of aryl methyl sites for hydroxylation is 3. The smallest absolute Gasteiger partial charge is 0.262 e. The predicted octanol–water partition coefficient (Wildman–Crippen LogP) is 4.07. The molecule has 0 saturated heterocycles. The predicted molar refractivity (Wildman–Crippen MR) is 82.9 cm³/mol. The van der Waals surface area contributed by atoms with Crippen LogP contribution in [0.3, 0.4) is 0 Å². The van der Waals surface area contributed by atoms with Crippen LogP contribution in [0.4, 0.5) is 5.69 Å². The summed E-state index contributed by atoms with van der Waals surface area (Å²) < 4.78 is 27.5. The van der Waals surface area contributed by atoms with Crippen molar-refractivity contribution in [3.63, 3.8) is 0 Å². The van der Waals surface area contributed by atoms with Gasteiger partial charge in [0, 0.05) is 5.02 Å². The van der Waals surface area contributed by atoms with E-state index in [-0.39, 0.29) is 4.90 Å². The SMILES string of the molecule is Cc1ccc(NS(=O)(=O)c2ccc(Cl)cc2C)c(C)c1. The van der Waals surface area contributed by atoms with E-state index in [1.807, 2.05) is 26.0 Å². The Bertz CT molecular complexity index is 754. The fourth-order valence-corrected chi connectivity index (χ4v) is 3.63. The molecule has 0 fully saturated rings. The summed E-state index contributed by atoms with van der Waals surface area (Å²) in [6.45, 7) is 5.57. The van der Waals surface area contributed by atoms with Crippen LogP contribution in [0.5, 0.6) is 0 Å². The van der Waals surface area contributed by atoms with Crippen LogP contribution in [0.25, 0.3) is 0 Å². The van der Waals surface area contributed by atoms with Gasteiger partial charge in [-0.05, 0) is 56.2 Å².